The third-order valence-electron chi connectivity index (χ3n) is 2.89. The number of fused-ring (bicyclic) bond motifs is 1. The van der Waals surface area contributed by atoms with E-state index in [2.05, 4.69) is 10.2 Å². The number of pyridine rings is 1. The van der Waals surface area contributed by atoms with E-state index < -0.39 is 11.8 Å². The minimum Gasteiger partial charge on any atom is -0.478 e. The Bertz CT molecular complexity index is 859. The topological polar surface area (TPSA) is 67.5 Å². The zero-order chi connectivity index (χ0) is 15.1. The lowest BCUT2D eigenvalue weighted by Gasteiger charge is -2.05. The Balaban J connectivity index is 2.37. The van der Waals surface area contributed by atoms with Crippen molar-refractivity contribution in [2.45, 2.75) is 0 Å². The molecule has 0 aliphatic rings. The molecule has 106 valence electrons. The largest absolute Gasteiger partial charge is 0.478 e. The van der Waals surface area contributed by atoms with Gasteiger partial charge in [0, 0.05) is 6.20 Å². The van der Waals surface area contributed by atoms with Gasteiger partial charge in [-0.25, -0.2) is 9.18 Å². The number of aromatic carboxylic acids is 1. The van der Waals surface area contributed by atoms with Crippen LogP contribution in [0.1, 0.15) is 10.4 Å². The van der Waals surface area contributed by atoms with E-state index in [1.165, 1.54) is 34.9 Å². The van der Waals surface area contributed by atoms with Gasteiger partial charge in [-0.15, -0.1) is 10.2 Å². The molecule has 0 aliphatic carbocycles. The Labute approximate surface area is 127 Å². The number of carbonyl (C=O) groups is 1. The summed E-state index contributed by atoms with van der Waals surface area (Å²) in [4.78, 5) is 11.1. The van der Waals surface area contributed by atoms with Crippen LogP contribution in [0.25, 0.3) is 17.0 Å². The summed E-state index contributed by atoms with van der Waals surface area (Å²) in [6.07, 6.45) is 1.27. The third kappa shape index (κ3) is 2.22. The molecule has 0 unspecified atom stereocenters. The molecule has 3 aromatic rings. The first-order valence-corrected chi connectivity index (χ1v) is 6.46. The number of rotatable bonds is 2. The lowest BCUT2D eigenvalue weighted by atomic mass is 10.2. The van der Waals surface area contributed by atoms with Crippen molar-refractivity contribution in [2.24, 2.45) is 0 Å². The highest BCUT2D eigenvalue weighted by Crippen LogP contribution is 2.31. The number of aromatic nitrogens is 3. The molecule has 5 nitrogen and oxygen atoms in total. The Morgan fingerprint density at radius 3 is 2.67 bits per heavy atom. The number of nitrogens with zero attached hydrogens (tertiary/aromatic N) is 3. The quantitative estimate of drug-likeness (QED) is 0.782. The molecule has 0 spiro atoms. The molecule has 1 aromatic carbocycles. The van der Waals surface area contributed by atoms with E-state index in [4.69, 9.17) is 28.3 Å². The van der Waals surface area contributed by atoms with Crippen molar-refractivity contribution >= 4 is 34.8 Å². The molecule has 2 aromatic heterocycles. The smallest absolute Gasteiger partial charge is 0.337 e. The summed E-state index contributed by atoms with van der Waals surface area (Å²) in [6, 6.07) is 5.44. The lowest BCUT2D eigenvalue weighted by Crippen LogP contribution is -2.01. The second-order valence-electron chi connectivity index (χ2n) is 4.20. The maximum absolute atomic E-state index is 14.0. The van der Waals surface area contributed by atoms with Crippen molar-refractivity contribution in [3.05, 3.63) is 51.9 Å². The summed E-state index contributed by atoms with van der Waals surface area (Å²) >= 11 is 12.0. The Morgan fingerprint density at radius 1 is 1.24 bits per heavy atom. The van der Waals surface area contributed by atoms with Crippen LogP contribution in [0.5, 0.6) is 0 Å². The third-order valence-corrected chi connectivity index (χ3v) is 3.49. The van der Waals surface area contributed by atoms with Crippen LogP contribution in [-0.4, -0.2) is 25.7 Å². The number of hydrogen-bond acceptors (Lipinski definition) is 3. The zero-order valence-corrected chi connectivity index (χ0v) is 11.7. The zero-order valence-electron chi connectivity index (χ0n) is 10.2. The van der Waals surface area contributed by atoms with E-state index in [-0.39, 0.29) is 32.6 Å². The average Bonchev–Trinajstić information content (AvgIpc) is 2.83. The van der Waals surface area contributed by atoms with Crippen molar-refractivity contribution in [3.8, 4) is 11.4 Å². The summed E-state index contributed by atoms with van der Waals surface area (Å²) in [5.74, 6) is -1.68. The maximum atomic E-state index is 14.0. The summed E-state index contributed by atoms with van der Waals surface area (Å²) in [6.45, 7) is 0. The molecular formula is C13H6Cl2FN3O2. The fourth-order valence-corrected chi connectivity index (χ4v) is 2.45. The predicted octanol–water partition coefficient (Wildman–Crippen LogP) is 3.54. The van der Waals surface area contributed by atoms with Crippen molar-refractivity contribution in [1.82, 2.24) is 14.6 Å². The molecule has 0 amide bonds. The van der Waals surface area contributed by atoms with Crippen molar-refractivity contribution in [1.29, 1.82) is 0 Å². The Kier molecular flexibility index (Phi) is 3.27. The second kappa shape index (κ2) is 4.98. The van der Waals surface area contributed by atoms with Gasteiger partial charge in [0.15, 0.2) is 11.5 Å². The maximum Gasteiger partial charge on any atom is 0.337 e. The molecule has 1 N–H and O–H groups in total. The summed E-state index contributed by atoms with van der Waals surface area (Å²) in [5, 5.41) is 17.0. The summed E-state index contributed by atoms with van der Waals surface area (Å²) in [7, 11) is 0. The molecule has 0 aliphatic heterocycles. The Morgan fingerprint density at radius 2 is 2.00 bits per heavy atom. The van der Waals surface area contributed by atoms with Gasteiger partial charge in [-0.1, -0.05) is 29.3 Å². The van der Waals surface area contributed by atoms with Gasteiger partial charge < -0.3 is 5.11 Å². The fourth-order valence-electron chi connectivity index (χ4n) is 1.95. The van der Waals surface area contributed by atoms with Crippen LogP contribution in [0.2, 0.25) is 10.0 Å². The lowest BCUT2D eigenvalue weighted by molar-refractivity contribution is 0.0696. The highest BCUT2D eigenvalue weighted by Gasteiger charge is 2.19. The molecule has 2 heterocycles. The van der Waals surface area contributed by atoms with Crippen LogP contribution in [-0.2, 0) is 0 Å². The van der Waals surface area contributed by atoms with E-state index in [0.29, 0.717) is 0 Å². The molecule has 0 saturated carbocycles. The first kappa shape index (κ1) is 13.8. The number of benzene rings is 1. The van der Waals surface area contributed by atoms with Gasteiger partial charge in [-0.2, -0.15) is 0 Å². The van der Waals surface area contributed by atoms with E-state index in [1.54, 1.807) is 0 Å². The first-order chi connectivity index (χ1) is 9.99. The number of halogens is 3. The van der Waals surface area contributed by atoms with Crippen molar-refractivity contribution in [3.63, 3.8) is 0 Å². The normalized spacial score (nSPS) is 11.0. The highest BCUT2D eigenvalue weighted by molar-refractivity contribution is 6.34. The first-order valence-electron chi connectivity index (χ1n) is 5.71. The van der Waals surface area contributed by atoms with Gasteiger partial charge in [0.1, 0.15) is 5.82 Å². The van der Waals surface area contributed by atoms with E-state index in [9.17, 15) is 9.18 Å². The Hall–Kier alpha value is -2.18. The molecular weight excluding hydrogens is 320 g/mol. The monoisotopic (exact) mass is 325 g/mol. The molecule has 0 bridgehead atoms. The van der Waals surface area contributed by atoms with Gasteiger partial charge in [0.25, 0.3) is 0 Å². The number of carboxylic acids is 1. The van der Waals surface area contributed by atoms with Crippen LogP contribution >= 0.6 is 23.2 Å². The number of hydrogen-bond donors (Lipinski definition) is 1. The van der Waals surface area contributed by atoms with Crippen LogP contribution < -0.4 is 0 Å². The molecule has 0 fully saturated rings. The molecule has 21 heavy (non-hydrogen) atoms. The molecule has 0 saturated heterocycles. The molecule has 0 radical (unpaired) electrons. The van der Waals surface area contributed by atoms with Gasteiger partial charge in [0.05, 0.1) is 21.2 Å². The van der Waals surface area contributed by atoms with Gasteiger partial charge >= 0.3 is 5.97 Å². The summed E-state index contributed by atoms with van der Waals surface area (Å²) < 4.78 is 15.3. The van der Waals surface area contributed by atoms with Crippen LogP contribution in [0.4, 0.5) is 4.39 Å². The number of carboxylic acid groups (broad SMARTS) is 1. The van der Waals surface area contributed by atoms with Crippen LogP contribution in [0.3, 0.4) is 0 Å². The highest BCUT2D eigenvalue weighted by atomic mass is 35.5. The minimum absolute atomic E-state index is 0.0327. The van der Waals surface area contributed by atoms with E-state index in [1.807, 2.05) is 0 Å². The molecule has 3 rings (SSSR count). The van der Waals surface area contributed by atoms with E-state index in [0.717, 1.165) is 0 Å². The van der Waals surface area contributed by atoms with Crippen LogP contribution in [0.15, 0.2) is 30.5 Å². The average molecular weight is 326 g/mol. The fraction of sp³-hybridized carbons (Fsp3) is 0. The van der Waals surface area contributed by atoms with Crippen LogP contribution in [0, 0.1) is 5.82 Å². The van der Waals surface area contributed by atoms with Crippen molar-refractivity contribution in [2.75, 3.05) is 0 Å². The van der Waals surface area contributed by atoms with E-state index >= 15 is 0 Å². The SMILES string of the molecule is O=C(O)c1cc(Cl)c2nnc(-c3c(F)cccc3Cl)n2c1. The van der Waals surface area contributed by atoms with Crippen molar-refractivity contribution < 1.29 is 14.3 Å². The van der Waals surface area contributed by atoms with Gasteiger partial charge in [-0.3, -0.25) is 4.40 Å². The van der Waals surface area contributed by atoms with Gasteiger partial charge in [0.2, 0.25) is 0 Å². The van der Waals surface area contributed by atoms with Gasteiger partial charge in [-0.05, 0) is 18.2 Å². The molecule has 0 atom stereocenters. The predicted molar refractivity (Wildman–Crippen MR) is 75.4 cm³/mol. The standard InChI is InChI=1S/C13H6Cl2FN3O2/c14-7-2-1-3-9(16)10(7)12-18-17-11-8(15)4-6(13(20)21)5-19(11)12/h1-5H,(H,20,21). The second-order valence-corrected chi connectivity index (χ2v) is 5.01. The summed E-state index contributed by atoms with van der Waals surface area (Å²) in [5.41, 5.74) is 0.183. The molecule has 8 heteroatoms. The minimum atomic E-state index is -1.17.